The zero-order valence-electron chi connectivity index (χ0n) is 10.7. The number of hydrogen-bond donors (Lipinski definition) is 1. The Bertz CT molecular complexity index is 615. The molecule has 1 N–H and O–H groups in total. The van der Waals surface area contributed by atoms with Gasteiger partial charge >= 0.3 is 0 Å². The highest BCUT2D eigenvalue weighted by molar-refractivity contribution is 9.10. The molecule has 2 rings (SSSR count). The van der Waals surface area contributed by atoms with Gasteiger partial charge in [0.2, 0.25) is 0 Å². The molecule has 2 nitrogen and oxygen atoms in total. The minimum Gasteiger partial charge on any atom is -0.488 e. The summed E-state index contributed by atoms with van der Waals surface area (Å²) >= 11 is 15.4. The SMILES string of the molecule is C[C@@H](O)c1cc(Br)ccc1OCc1cc(Cl)ccc1Cl. The minimum atomic E-state index is -0.614. The van der Waals surface area contributed by atoms with Crippen molar-refractivity contribution in [1.82, 2.24) is 0 Å². The van der Waals surface area contributed by atoms with E-state index in [2.05, 4.69) is 15.9 Å². The van der Waals surface area contributed by atoms with Crippen LogP contribution in [0.15, 0.2) is 40.9 Å². The Labute approximate surface area is 136 Å². The van der Waals surface area contributed by atoms with E-state index < -0.39 is 6.10 Å². The van der Waals surface area contributed by atoms with Crippen molar-refractivity contribution < 1.29 is 9.84 Å². The molecule has 0 aromatic heterocycles. The summed E-state index contributed by atoms with van der Waals surface area (Å²) < 4.78 is 6.64. The maximum atomic E-state index is 9.78. The first-order valence-corrected chi connectivity index (χ1v) is 7.56. The first-order chi connectivity index (χ1) is 9.47. The maximum absolute atomic E-state index is 9.78. The molecule has 1 atom stereocenters. The van der Waals surface area contributed by atoms with E-state index in [0.717, 1.165) is 15.6 Å². The van der Waals surface area contributed by atoms with Crippen LogP contribution in [0.3, 0.4) is 0 Å². The van der Waals surface area contributed by atoms with Crippen LogP contribution in [0.25, 0.3) is 0 Å². The van der Waals surface area contributed by atoms with Gasteiger partial charge in [0.1, 0.15) is 12.4 Å². The molecule has 0 spiro atoms. The average molecular weight is 376 g/mol. The highest BCUT2D eigenvalue weighted by Gasteiger charge is 2.11. The zero-order valence-corrected chi connectivity index (χ0v) is 13.8. The molecule has 20 heavy (non-hydrogen) atoms. The second-order valence-electron chi connectivity index (χ2n) is 4.38. The van der Waals surface area contributed by atoms with Crippen LogP contribution in [0.5, 0.6) is 5.75 Å². The molecule has 106 valence electrons. The van der Waals surface area contributed by atoms with Crippen molar-refractivity contribution >= 4 is 39.1 Å². The predicted octanol–water partition coefficient (Wildman–Crippen LogP) is 5.39. The Morgan fingerprint density at radius 3 is 2.65 bits per heavy atom. The average Bonchev–Trinajstić information content (AvgIpc) is 2.40. The third-order valence-corrected chi connectivity index (χ3v) is 3.91. The van der Waals surface area contributed by atoms with Crippen LogP contribution in [0.1, 0.15) is 24.2 Å². The molecule has 0 radical (unpaired) electrons. The largest absolute Gasteiger partial charge is 0.488 e. The summed E-state index contributed by atoms with van der Waals surface area (Å²) in [7, 11) is 0. The first kappa shape index (κ1) is 15.6. The fraction of sp³-hybridized carbons (Fsp3) is 0.200. The van der Waals surface area contributed by atoms with Crippen LogP contribution in [0, 0.1) is 0 Å². The van der Waals surface area contributed by atoms with E-state index in [0.29, 0.717) is 22.4 Å². The molecule has 0 saturated carbocycles. The summed E-state index contributed by atoms with van der Waals surface area (Å²) in [6.07, 6.45) is -0.614. The molecule has 2 aromatic carbocycles. The molecule has 0 unspecified atom stereocenters. The summed E-state index contributed by atoms with van der Waals surface area (Å²) in [5.41, 5.74) is 1.52. The van der Waals surface area contributed by atoms with Crippen molar-refractivity contribution in [3.8, 4) is 5.75 Å². The summed E-state index contributed by atoms with van der Waals surface area (Å²) in [5.74, 6) is 0.624. The number of hydrogen-bond acceptors (Lipinski definition) is 2. The van der Waals surface area contributed by atoms with Crippen LogP contribution >= 0.6 is 39.1 Å². The molecule has 0 heterocycles. The Morgan fingerprint density at radius 2 is 1.95 bits per heavy atom. The van der Waals surface area contributed by atoms with Gasteiger partial charge in [0.25, 0.3) is 0 Å². The quantitative estimate of drug-likeness (QED) is 0.776. The summed E-state index contributed by atoms with van der Waals surface area (Å²) in [6.45, 7) is 1.99. The van der Waals surface area contributed by atoms with E-state index in [-0.39, 0.29) is 0 Å². The summed E-state index contributed by atoms with van der Waals surface area (Å²) in [4.78, 5) is 0. The molecule has 0 aliphatic heterocycles. The first-order valence-electron chi connectivity index (χ1n) is 6.01. The van der Waals surface area contributed by atoms with Crippen LogP contribution in [-0.4, -0.2) is 5.11 Å². The smallest absolute Gasteiger partial charge is 0.125 e. The second kappa shape index (κ2) is 6.81. The van der Waals surface area contributed by atoms with Gasteiger partial charge in [-0.3, -0.25) is 0 Å². The minimum absolute atomic E-state index is 0.292. The third kappa shape index (κ3) is 3.89. The number of halogens is 3. The van der Waals surface area contributed by atoms with Gasteiger partial charge < -0.3 is 9.84 Å². The molecule has 0 aliphatic carbocycles. The Morgan fingerprint density at radius 1 is 1.20 bits per heavy atom. The van der Waals surface area contributed by atoms with E-state index >= 15 is 0 Å². The number of aliphatic hydroxyl groups excluding tert-OH is 1. The fourth-order valence-electron chi connectivity index (χ4n) is 1.79. The number of rotatable bonds is 4. The normalized spacial score (nSPS) is 12.2. The second-order valence-corrected chi connectivity index (χ2v) is 6.14. The van der Waals surface area contributed by atoms with Crippen molar-refractivity contribution in [2.24, 2.45) is 0 Å². The number of ether oxygens (including phenoxy) is 1. The highest BCUT2D eigenvalue weighted by atomic mass is 79.9. The van der Waals surface area contributed by atoms with E-state index in [1.807, 2.05) is 18.2 Å². The van der Waals surface area contributed by atoms with Crippen LogP contribution < -0.4 is 4.74 Å². The van der Waals surface area contributed by atoms with Crippen LogP contribution in [0.2, 0.25) is 10.0 Å². The van der Waals surface area contributed by atoms with Gasteiger partial charge in [-0.25, -0.2) is 0 Å². The van der Waals surface area contributed by atoms with Crippen molar-refractivity contribution in [2.75, 3.05) is 0 Å². The lowest BCUT2D eigenvalue weighted by Crippen LogP contribution is -2.01. The van der Waals surface area contributed by atoms with Gasteiger partial charge in [0.05, 0.1) is 6.10 Å². The number of benzene rings is 2. The van der Waals surface area contributed by atoms with Crippen molar-refractivity contribution in [2.45, 2.75) is 19.6 Å². The van der Waals surface area contributed by atoms with E-state index in [1.54, 1.807) is 25.1 Å². The van der Waals surface area contributed by atoms with Crippen molar-refractivity contribution in [3.63, 3.8) is 0 Å². The van der Waals surface area contributed by atoms with Gasteiger partial charge in [0.15, 0.2) is 0 Å². The molecule has 0 fully saturated rings. The summed E-state index contributed by atoms with van der Waals surface area (Å²) in [6, 6.07) is 10.7. The third-order valence-electron chi connectivity index (χ3n) is 2.81. The van der Waals surface area contributed by atoms with Crippen LogP contribution in [-0.2, 0) is 6.61 Å². The van der Waals surface area contributed by atoms with E-state index in [9.17, 15) is 5.11 Å². The van der Waals surface area contributed by atoms with Crippen molar-refractivity contribution in [3.05, 3.63) is 62.0 Å². The van der Waals surface area contributed by atoms with Gasteiger partial charge in [-0.2, -0.15) is 0 Å². The Hall–Kier alpha value is -0.740. The van der Waals surface area contributed by atoms with E-state index in [4.69, 9.17) is 27.9 Å². The van der Waals surface area contributed by atoms with Gasteiger partial charge in [-0.1, -0.05) is 39.1 Å². The fourth-order valence-corrected chi connectivity index (χ4v) is 2.53. The molecule has 5 heteroatoms. The lowest BCUT2D eigenvalue weighted by Gasteiger charge is -2.14. The standard InChI is InChI=1S/C15H13BrCl2O2/c1-9(19)13-7-11(16)2-5-15(13)20-8-10-6-12(17)3-4-14(10)18/h2-7,9,19H,8H2,1H3/t9-/m1/s1. The molecule has 2 aromatic rings. The van der Waals surface area contributed by atoms with Crippen molar-refractivity contribution in [1.29, 1.82) is 0 Å². The maximum Gasteiger partial charge on any atom is 0.125 e. The molecule has 0 saturated heterocycles. The van der Waals surface area contributed by atoms with Gasteiger partial charge in [0, 0.05) is 25.6 Å². The zero-order chi connectivity index (χ0) is 14.7. The lowest BCUT2D eigenvalue weighted by molar-refractivity contribution is 0.190. The monoisotopic (exact) mass is 374 g/mol. The molecule has 0 amide bonds. The molecular formula is C15H13BrCl2O2. The van der Waals surface area contributed by atoms with Gasteiger partial charge in [-0.15, -0.1) is 0 Å². The van der Waals surface area contributed by atoms with E-state index in [1.165, 1.54) is 0 Å². The molecule has 0 bridgehead atoms. The number of aliphatic hydroxyl groups is 1. The predicted molar refractivity (Wildman–Crippen MR) is 85.6 cm³/mol. The Balaban J connectivity index is 2.20. The Kier molecular flexibility index (Phi) is 5.33. The topological polar surface area (TPSA) is 29.5 Å². The lowest BCUT2D eigenvalue weighted by atomic mass is 10.1. The highest BCUT2D eigenvalue weighted by Crippen LogP contribution is 2.30. The molecular weight excluding hydrogens is 363 g/mol. The summed E-state index contributed by atoms with van der Waals surface area (Å²) in [5, 5.41) is 11.0. The van der Waals surface area contributed by atoms with Gasteiger partial charge in [-0.05, 0) is 43.3 Å². The van der Waals surface area contributed by atoms with Crippen LogP contribution in [0.4, 0.5) is 0 Å². The molecule has 0 aliphatic rings.